The Labute approximate surface area is 116 Å². The van der Waals surface area contributed by atoms with Gasteiger partial charge in [-0.2, -0.15) is 0 Å². The van der Waals surface area contributed by atoms with Gasteiger partial charge in [0.05, 0.1) is 11.0 Å². The molecule has 0 radical (unpaired) electrons. The maximum atomic E-state index is 6.11. The van der Waals surface area contributed by atoms with Crippen LogP contribution in [0.1, 0.15) is 38.6 Å². The van der Waals surface area contributed by atoms with Crippen molar-refractivity contribution >= 4 is 32.9 Å². The van der Waals surface area contributed by atoms with E-state index in [4.69, 9.17) is 5.73 Å². The Bertz CT molecular complexity index is 572. The van der Waals surface area contributed by atoms with E-state index >= 15 is 0 Å². The Kier molecular flexibility index (Phi) is 3.06. The number of rotatable bonds is 4. The third-order valence-electron chi connectivity index (χ3n) is 3.82. The van der Waals surface area contributed by atoms with E-state index < -0.39 is 0 Å². The van der Waals surface area contributed by atoms with Crippen LogP contribution >= 0.6 is 15.9 Å². The SMILES string of the molecule is CCC(CC1CC1)n1c(N)nc2cc(Br)ccc21. The fraction of sp³-hybridized carbons (Fsp3) is 0.500. The van der Waals surface area contributed by atoms with Gasteiger partial charge in [-0.15, -0.1) is 0 Å². The van der Waals surface area contributed by atoms with Crippen molar-refractivity contribution in [2.24, 2.45) is 5.92 Å². The van der Waals surface area contributed by atoms with E-state index in [0.29, 0.717) is 12.0 Å². The Morgan fingerprint density at radius 3 is 2.94 bits per heavy atom. The molecule has 2 N–H and O–H groups in total. The summed E-state index contributed by atoms with van der Waals surface area (Å²) in [5.41, 5.74) is 8.25. The molecule has 0 bridgehead atoms. The topological polar surface area (TPSA) is 43.8 Å². The minimum atomic E-state index is 0.490. The van der Waals surface area contributed by atoms with Crippen LogP contribution in [0.5, 0.6) is 0 Å². The van der Waals surface area contributed by atoms with Gasteiger partial charge in [0.1, 0.15) is 0 Å². The summed E-state index contributed by atoms with van der Waals surface area (Å²) in [5.74, 6) is 1.55. The molecule has 3 nitrogen and oxygen atoms in total. The largest absolute Gasteiger partial charge is 0.369 e. The van der Waals surface area contributed by atoms with Gasteiger partial charge in [0, 0.05) is 10.5 Å². The number of nitrogens with two attached hydrogens (primary N) is 1. The van der Waals surface area contributed by atoms with Gasteiger partial charge < -0.3 is 10.3 Å². The summed E-state index contributed by atoms with van der Waals surface area (Å²) in [4.78, 5) is 4.48. The highest BCUT2D eigenvalue weighted by molar-refractivity contribution is 9.10. The van der Waals surface area contributed by atoms with Crippen molar-refractivity contribution < 1.29 is 0 Å². The summed E-state index contributed by atoms with van der Waals surface area (Å²) in [7, 11) is 0. The van der Waals surface area contributed by atoms with Gasteiger partial charge in [0.25, 0.3) is 0 Å². The molecule has 1 aromatic carbocycles. The number of fused-ring (bicyclic) bond motifs is 1. The van der Waals surface area contributed by atoms with Crippen LogP contribution in [0.4, 0.5) is 5.95 Å². The molecule has 1 aliphatic rings. The fourth-order valence-electron chi connectivity index (χ4n) is 2.67. The number of anilines is 1. The second-order valence-electron chi connectivity index (χ2n) is 5.21. The molecule has 1 fully saturated rings. The van der Waals surface area contributed by atoms with E-state index in [-0.39, 0.29) is 0 Å². The normalized spacial score (nSPS) is 17.2. The van der Waals surface area contributed by atoms with Crippen LogP contribution in [0, 0.1) is 5.92 Å². The molecule has 0 aliphatic heterocycles. The second kappa shape index (κ2) is 4.57. The lowest BCUT2D eigenvalue weighted by Gasteiger charge is -2.18. The van der Waals surface area contributed by atoms with E-state index in [1.807, 2.05) is 6.07 Å². The quantitative estimate of drug-likeness (QED) is 0.923. The molecule has 1 aromatic heterocycles. The molecule has 2 aromatic rings. The van der Waals surface area contributed by atoms with Crippen LogP contribution in [0.25, 0.3) is 11.0 Å². The molecule has 1 aliphatic carbocycles. The van der Waals surface area contributed by atoms with Crippen molar-refractivity contribution in [1.29, 1.82) is 0 Å². The summed E-state index contributed by atoms with van der Waals surface area (Å²) in [6.45, 7) is 2.23. The number of imidazole rings is 1. The number of nitrogens with zero attached hydrogens (tertiary/aromatic N) is 2. The highest BCUT2D eigenvalue weighted by Gasteiger charge is 2.27. The predicted molar refractivity (Wildman–Crippen MR) is 78.5 cm³/mol. The van der Waals surface area contributed by atoms with E-state index in [0.717, 1.165) is 27.8 Å². The molecule has 1 heterocycles. The van der Waals surface area contributed by atoms with Crippen LogP contribution in [-0.2, 0) is 0 Å². The number of hydrogen-bond acceptors (Lipinski definition) is 2. The monoisotopic (exact) mass is 307 g/mol. The summed E-state index contributed by atoms with van der Waals surface area (Å²) < 4.78 is 3.27. The summed E-state index contributed by atoms with van der Waals surface area (Å²) in [5, 5.41) is 0. The molecule has 0 saturated heterocycles. The van der Waals surface area contributed by atoms with Gasteiger partial charge >= 0.3 is 0 Å². The smallest absolute Gasteiger partial charge is 0.201 e. The van der Waals surface area contributed by atoms with E-state index in [1.54, 1.807) is 0 Å². The van der Waals surface area contributed by atoms with Crippen LogP contribution in [-0.4, -0.2) is 9.55 Å². The standard InChI is InChI=1S/C14H18BrN3/c1-2-11(7-9-3-4-9)18-13-6-5-10(15)8-12(13)17-14(18)16/h5-6,8-9,11H,2-4,7H2,1H3,(H2,16,17). The maximum absolute atomic E-state index is 6.11. The maximum Gasteiger partial charge on any atom is 0.201 e. The van der Waals surface area contributed by atoms with Gasteiger partial charge in [0.15, 0.2) is 0 Å². The van der Waals surface area contributed by atoms with Crippen LogP contribution in [0.2, 0.25) is 0 Å². The zero-order valence-corrected chi connectivity index (χ0v) is 12.2. The third kappa shape index (κ3) is 2.14. The van der Waals surface area contributed by atoms with Crippen molar-refractivity contribution in [3.63, 3.8) is 0 Å². The summed E-state index contributed by atoms with van der Waals surface area (Å²) in [6.07, 6.45) is 5.12. The number of hydrogen-bond donors (Lipinski definition) is 1. The highest BCUT2D eigenvalue weighted by atomic mass is 79.9. The molecule has 3 rings (SSSR count). The molecule has 4 heteroatoms. The highest BCUT2D eigenvalue weighted by Crippen LogP contribution is 2.39. The minimum absolute atomic E-state index is 0.490. The van der Waals surface area contributed by atoms with Gasteiger partial charge in [0.2, 0.25) is 5.95 Å². The van der Waals surface area contributed by atoms with Crippen molar-refractivity contribution in [2.75, 3.05) is 5.73 Å². The first kappa shape index (κ1) is 12.0. The molecular weight excluding hydrogens is 290 g/mol. The van der Waals surface area contributed by atoms with Crippen molar-refractivity contribution in [2.45, 2.75) is 38.6 Å². The van der Waals surface area contributed by atoms with Crippen LogP contribution < -0.4 is 5.73 Å². The van der Waals surface area contributed by atoms with Crippen LogP contribution in [0.3, 0.4) is 0 Å². The third-order valence-corrected chi connectivity index (χ3v) is 4.31. The number of benzene rings is 1. The van der Waals surface area contributed by atoms with Crippen LogP contribution in [0.15, 0.2) is 22.7 Å². The second-order valence-corrected chi connectivity index (χ2v) is 6.13. The Hall–Kier alpha value is -1.03. The number of aromatic nitrogens is 2. The number of halogens is 1. The summed E-state index contributed by atoms with van der Waals surface area (Å²) >= 11 is 3.48. The molecule has 96 valence electrons. The molecule has 1 unspecified atom stereocenters. The lowest BCUT2D eigenvalue weighted by molar-refractivity contribution is 0.442. The van der Waals surface area contributed by atoms with Crippen molar-refractivity contribution in [3.05, 3.63) is 22.7 Å². The average Bonchev–Trinajstić information content (AvgIpc) is 3.09. The first-order valence-corrected chi connectivity index (χ1v) is 7.41. The number of nitrogen functional groups attached to an aromatic ring is 1. The van der Waals surface area contributed by atoms with E-state index in [2.05, 4.69) is 44.5 Å². The Balaban J connectivity index is 2.05. The lowest BCUT2D eigenvalue weighted by atomic mass is 10.1. The minimum Gasteiger partial charge on any atom is -0.369 e. The van der Waals surface area contributed by atoms with Gasteiger partial charge in [-0.05, 0) is 37.0 Å². The Morgan fingerprint density at radius 1 is 1.50 bits per heavy atom. The summed E-state index contributed by atoms with van der Waals surface area (Å²) in [6, 6.07) is 6.69. The first-order chi connectivity index (χ1) is 8.69. The average molecular weight is 308 g/mol. The van der Waals surface area contributed by atoms with E-state index in [9.17, 15) is 0 Å². The zero-order chi connectivity index (χ0) is 12.7. The van der Waals surface area contributed by atoms with Crippen molar-refractivity contribution in [1.82, 2.24) is 9.55 Å². The molecular formula is C14H18BrN3. The van der Waals surface area contributed by atoms with Crippen molar-refractivity contribution in [3.8, 4) is 0 Å². The zero-order valence-electron chi connectivity index (χ0n) is 10.6. The predicted octanol–water partition coefficient (Wildman–Crippen LogP) is 4.13. The molecule has 0 spiro atoms. The van der Waals surface area contributed by atoms with Gasteiger partial charge in [-0.3, -0.25) is 0 Å². The Morgan fingerprint density at radius 2 is 2.28 bits per heavy atom. The fourth-order valence-corrected chi connectivity index (χ4v) is 3.02. The first-order valence-electron chi connectivity index (χ1n) is 6.62. The molecule has 1 saturated carbocycles. The van der Waals surface area contributed by atoms with Gasteiger partial charge in [-0.1, -0.05) is 35.7 Å². The molecule has 18 heavy (non-hydrogen) atoms. The van der Waals surface area contributed by atoms with Gasteiger partial charge in [-0.25, -0.2) is 4.98 Å². The van der Waals surface area contributed by atoms with E-state index in [1.165, 1.54) is 19.3 Å². The molecule has 0 amide bonds. The lowest BCUT2D eigenvalue weighted by Crippen LogP contribution is -2.12. The molecule has 1 atom stereocenters.